The molecule has 15 heavy (non-hydrogen) atoms. The lowest BCUT2D eigenvalue weighted by Gasteiger charge is -2.15. The quantitative estimate of drug-likeness (QED) is 0.748. The Labute approximate surface area is 90.0 Å². The maximum Gasteiger partial charge on any atom is 0.231 e. The van der Waals surface area contributed by atoms with E-state index in [-0.39, 0.29) is 0 Å². The third-order valence-corrected chi connectivity index (χ3v) is 2.83. The molecule has 1 aromatic carbocycles. The molecule has 3 heteroatoms. The zero-order valence-corrected chi connectivity index (χ0v) is 9.64. The maximum absolute atomic E-state index is 5.64. The zero-order valence-electron chi connectivity index (χ0n) is 9.64. The summed E-state index contributed by atoms with van der Waals surface area (Å²) >= 11 is 0. The second-order valence-electron chi connectivity index (χ2n) is 3.70. The van der Waals surface area contributed by atoms with E-state index in [1.807, 2.05) is 20.8 Å². The highest BCUT2D eigenvalue weighted by atomic mass is 16.7. The van der Waals surface area contributed by atoms with Gasteiger partial charge in [-0.25, -0.2) is 0 Å². The molecule has 3 nitrogen and oxygen atoms in total. The molecule has 2 rings (SSSR count). The van der Waals surface area contributed by atoms with Gasteiger partial charge in [0.25, 0.3) is 0 Å². The molecule has 0 spiro atoms. The molecule has 0 N–H and O–H groups in total. The fourth-order valence-electron chi connectivity index (χ4n) is 1.92. The van der Waals surface area contributed by atoms with Crippen molar-refractivity contribution < 1.29 is 14.2 Å². The molecule has 0 fully saturated rings. The Balaban J connectivity index is 2.62. The van der Waals surface area contributed by atoms with E-state index < -0.39 is 0 Å². The Kier molecular flexibility index (Phi) is 2.47. The lowest BCUT2D eigenvalue weighted by molar-refractivity contribution is 0.173. The molecule has 1 heterocycles. The van der Waals surface area contributed by atoms with Crippen LogP contribution in [0.25, 0.3) is 0 Å². The summed E-state index contributed by atoms with van der Waals surface area (Å²) in [5.74, 6) is 2.63. The lowest BCUT2D eigenvalue weighted by atomic mass is 10.0. The molecule has 0 aliphatic carbocycles. The fraction of sp³-hybridized carbons (Fsp3) is 0.500. The van der Waals surface area contributed by atoms with Crippen LogP contribution in [-0.2, 0) is 0 Å². The largest absolute Gasteiger partial charge is 0.493 e. The highest BCUT2D eigenvalue weighted by molar-refractivity contribution is 5.62. The first-order valence-corrected chi connectivity index (χ1v) is 5.19. The second-order valence-corrected chi connectivity index (χ2v) is 3.70. The Morgan fingerprint density at radius 3 is 2.20 bits per heavy atom. The zero-order chi connectivity index (χ0) is 11.0. The van der Waals surface area contributed by atoms with Crippen molar-refractivity contribution in [3.8, 4) is 17.2 Å². The van der Waals surface area contributed by atoms with Crippen LogP contribution in [0.5, 0.6) is 17.2 Å². The molecule has 1 aliphatic heterocycles. The van der Waals surface area contributed by atoms with E-state index in [2.05, 4.69) is 6.92 Å². The van der Waals surface area contributed by atoms with E-state index in [1.54, 1.807) is 0 Å². The van der Waals surface area contributed by atoms with E-state index in [0.29, 0.717) is 13.4 Å². The first-order chi connectivity index (χ1) is 7.16. The number of rotatable bonds is 2. The van der Waals surface area contributed by atoms with E-state index >= 15 is 0 Å². The van der Waals surface area contributed by atoms with E-state index in [9.17, 15) is 0 Å². The van der Waals surface area contributed by atoms with Crippen LogP contribution < -0.4 is 14.2 Å². The van der Waals surface area contributed by atoms with Crippen LogP contribution in [-0.4, -0.2) is 13.4 Å². The number of fused-ring (bicyclic) bond motifs is 1. The molecule has 0 radical (unpaired) electrons. The molecule has 1 aromatic rings. The molecule has 0 unspecified atom stereocenters. The Morgan fingerprint density at radius 1 is 1.00 bits per heavy atom. The molecular formula is C12H16O3. The van der Waals surface area contributed by atoms with Crippen molar-refractivity contribution >= 4 is 0 Å². The van der Waals surface area contributed by atoms with Crippen molar-refractivity contribution in [1.29, 1.82) is 0 Å². The summed E-state index contributed by atoms with van der Waals surface area (Å²) < 4.78 is 16.5. The van der Waals surface area contributed by atoms with E-state index in [0.717, 1.165) is 33.9 Å². The van der Waals surface area contributed by atoms with Crippen LogP contribution in [0.1, 0.15) is 23.6 Å². The van der Waals surface area contributed by atoms with Gasteiger partial charge in [0, 0.05) is 11.1 Å². The highest BCUT2D eigenvalue weighted by Gasteiger charge is 2.24. The van der Waals surface area contributed by atoms with Crippen molar-refractivity contribution in [2.45, 2.75) is 27.7 Å². The number of hydrogen-bond acceptors (Lipinski definition) is 3. The van der Waals surface area contributed by atoms with Crippen molar-refractivity contribution in [3.63, 3.8) is 0 Å². The van der Waals surface area contributed by atoms with Crippen molar-refractivity contribution in [1.82, 2.24) is 0 Å². The van der Waals surface area contributed by atoms with E-state index in [1.165, 1.54) is 0 Å². The minimum absolute atomic E-state index is 0.312. The summed E-state index contributed by atoms with van der Waals surface area (Å²) in [4.78, 5) is 0. The summed E-state index contributed by atoms with van der Waals surface area (Å²) in [5, 5.41) is 0. The Bertz CT molecular complexity index is 397. The molecule has 0 bridgehead atoms. The van der Waals surface area contributed by atoms with Crippen molar-refractivity contribution in [2.24, 2.45) is 0 Å². The molecule has 82 valence electrons. The second kappa shape index (κ2) is 3.65. The first kappa shape index (κ1) is 10.1. The molecule has 0 saturated carbocycles. The maximum atomic E-state index is 5.64. The van der Waals surface area contributed by atoms with Crippen LogP contribution in [0.2, 0.25) is 0 Å². The van der Waals surface area contributed by atoms with Crippen molar-refractivity contribution in [2.75, 3.05) is 13.4 Å². The first-order valence-electron chi connectivity index (χ1n) is 5.19. The number of ether oxygens (including phenoxy) is 3. The van der Waals surface area contributed by atoms with Crippen LogP contribution in [0.3, 0.4) is 0 Å². The normalized spacial score (nSPS) is 13.1. The predicted molar refractivity (Wildman–Crippen MR) is 57.9 cm³/mol. The number of benzene rings is 1. The van der Waals surface area contributed by atoms with Gasteiger partial charge in [0.15, 0.2) is 11.5 Å². The third-order valence-electron chi connectivity index (χ3n) is 2.83. The molecule has 0 amide bonds. The van der Waals surface area contributed by atoms with Crippen LogP contribution in [0.15, 0.2) is 0 Å². The predicted octanol–water partition coefficient (Wildman–Crippen LogP) is 2.74. The number of hydrogen-bond donors (Lipinski definition) is 0. The van der Waals surface area contributed by atoms with Gasteiger partial charge in [-0.2, -0.15) is 0 Å². The molecule has 0 saturated heterocycles. The van der Waals surface area contributed by atoms with Gasteiger partial charge in [-0.15, -0.1) is 0 Å². The van der Waals surface area contributed by atoms with Gasteiger partial charge in [0.1, 0.15) is 5.75 Å². The summed E-state index contributed by atoms with van der Waals surface area (Å²) in [6.07, 6.45) is 0. The minimum atomic E-state index is 0.312. The average molecular weight is 208 g/mol. The smallest absolute Gasteiger partial charge is 0.231 e. The standard InChI is InChI=1S/C12H16O3/c1-5-13-10-7(2)8(3)11-12(9(10)4)15-6-14-11/h5-6H2,1-4H3. The van der Waals surface area contributed by atoms with Gasteiger partial charge in [0.2, 0.25) is 6.79 Å². The molecule has 0 atom stereocenters. The van der Waals surface area contributed by atoms with Gasteiger partial charge < -0.3 is 14.2 Å². The minimum Gasteiger partial charge on any atom is -0.493 e. The Morgan fingerprint density at radius 2 is 1.60 bits per heavy atom. The van der Waals surface area contributed by atoms with Crippen LogP contribution in [0.4, 0.5) is 0 Å². The highest BCUT2D eigenvalue weighted by Crippen LogP contribution is 2.45. The summed E-state index contributed by atoms with van der Waals surface area (Å²) in [6.45, 7) is 9.05. The third kappa shape index (κ3) is 1.42. The van der Waals surface area contributed by atoms with Crippen LogP contribution >= 0.6 is 0 Å². The van der Waals surface area contributed by atoms with Gasteiger partial charge in [-0.1, -0.05) is 0 Å². The molecule has 1 aliphatic rings. The van der Waals surface area contributed by atoms with Gasteiger partial charge in [-0.05, 0) is 33.3 Å². The molecular weight excluding hydrogens is 192 g/mol. The lowest BCUT2D eigenvalue weighted by Crippen LogP contribution is -1.99. The Hall–Kier alpha value is -1.38. The summed E-state index contributed by atoms with van der Waals surface area (Å²) in [7, 11) is 0. The molecule has 0 aromatic heterocycles. The van der Waals surface area contributed by atoms with Crippen molar-refractivity contribution in [3.05, 3.63) is 16.7 Å². The van der Waals surface area contributed by atoms with Gasteiger partial charge in [0.05, 0.1) is 6.61 Å². The van der Waals surface area contributed by atoms with Gasteiger partial charge in [-0.3, -0.25) is 0 Å². The SMILES string of the molecule is CCOc1c(C)c(C)c2c(c1C)OCO2. The van der Waals surface area contributed by atoms with E-state index in [4.69, 9.17) is 14.2 Å². The topological polar surface area (TPSA) is 27.7 Å². The van der Waals surface area contributed by atoms with Gasteiger partial charge >= 0.3 is 0 Å². The average Bonchev–Trinajstić information content (AvgIpc) is 2.70. The fourth-order valence-corrected chi connectivity index (χ4v) is 1.92. The summed E-state index contributed by atoms with van der Waals surface area (Å²) in [5.41, 5.74) is 3.28. The van der Waals surface area contributed by atoms with Crippen LogP contribution in [0, 0.1) is 20.8 Å². The summed E-state index contributed by atoms with van der Waals surface area (Å²) in [6, 6.07) is 0. The monoisotopic (exact) mass is 208 g/mol.